The van der Waals surface area contributed by atoms with Gasteiger partial charge >= 0.3 is 0 Å². The predicted octanol–water partition coefficient (Wildman–Crippen LogP) is 3.43. The molecule has 0 saturated heterocycles. The number of rotatable bonds is 4. The van der Waals surface area contributed by atoms with Crippen LogP contribution in [0.3, 0.4) is 0 Å². The molecule has 21 heavy (non-hydrogen) atoms. The minimum Gasteiger partial charge on any atom is -0.392 e. The Morgan fingerprint density at radius 1 is 1.14 bits per heavy atom. The molecule has 0 radical (unpaired) electrons. The van der Waals surface area contributed by atoms with E-state index in [1.807, 2.05) is 0 Å². The zero-order valence-electron chi connectivity index (χ0n) is 10.5. The second-order valence-electron chi connectivity index (χ2n) is 4.15. The Hall–Kier alpha value is -1.34. The van der Waals surface area contributed by atoms with Crippen LogP contribution in [0.1, 0.15) is 5.56 Å². The fourth-order valence-corrected chi connectivity index (χ4v) is 3.28. The van der Waals surface area contributed by atoms with Gasteiger partial charge in [-0.05, 0) is 35.9 Å². The summed E-state index contributed by atoms with van der Waals surface area (Å²) in [5.74, 6) is -0.959. The Labute approximate surface area is 131 Å². The summed E-state index contributed by atoms with van der Waals surface area (Å²) >= 11 is 11.6. The van der Waals surface area contributed by atoms with Gasteiger partial charge in [0.1, 0.15) is 10.7 Å². The van der Waals surface area contributed by atoms with Crippen LogP contribution >= 0.6 is 23.2 Å². The van der Waals surface area contributed by atoms with E-state index < -0.39 is 20.7 Å². The molecule has 0 heterocycles. The molecule has 0 aliphatic rings. The lowest BCUT2D eigenvalue weighted by molar-refractivity contribution is 0.281. The van der Waals surface area contributed by atoms with Crippen LogP contribution in [0.25, 0.3) is 0 Å². The summed E-state index contributed by atoms with van der Waals surface area (Å²) in [5.41, 5.74) is 0.364. The number of sulfonamides is 1. The molecule has 0 spiro atoms. The van der Waals surface area contributed by atoms with Gasteiger partial charge in [0, 0.05) is 5.02 Å². The molecule has 0 saturated carbocycles. The maximum atomic E-state index is 13.8. The summed E-state index contributed by atoms with van der Waals surface area (Å²) in [6.07, 6.45) is 0. The van der Waals surface area contributed by atoms with Crippen molar-refractivity contribution in [1.29, 1.82) is 0 Å². The van der Waals surface area contributed by atoms with E-state index in [1.165, 1.54) is 24.3 Å². The molecule has 2 rings (SSSR count). The summed E-state index contributed by atoms with van der Waals surface area (Å²) in [4.78, 5) is -0.536. The van der Waals surface area contributed by atoms with E-state index in [0.29, 0.717) is 5.02 Å². The van der Waals surface area contributed by atoms with Gasteiger partial charge in [-0.25, -0.2) is 12.8 Å². The fourth-order valence-electron chi connectivity index (χ4n) is 1.63. The molecule has 4 nitrogen and oxygen atoms in total. The highest BCUT2D eigenvalue weighted by Gasteiger charge is 2.20. The molecule has 0 bridgehead atoms. The molecule has 0 amide bonds. The average Bonchev–Trinajstić information content (AvgIpc) is 2.41. The quantitative estimate of drug-likeness (QED) is 0.888. The van der Waals surface area contributed by atoms with Crippen LogP contribution in [-0.4, -0.2) is 13.5 Å². The van der Waals surface area contributed by atoms with Crippen LogP contribution < -0.4 is 4.72 Å². The highest BCUT2D eigenvalue weighted by Crippen LogP contribution is 2.28. The Kier molecular flexibility index (Phi) is 4.73. The molecule has 0 unspecified atom stereocenters. The minimum atomic E-state index is -4.14. The van der Waals surface area contributed by atoms with E-state index in [9.17, 15) is 12.8 Å². The van der Waals surface area contributed by atoms with E-state index in [4.69, 9.17) is 28.3 Å². The van der Waals surface area contributed by atoms with Gasteiger partial charge in [-0.3, -0.25) is 4.72 Å². The summed E-state index contributed by atoms with van der Waals surface area (Å²) in [6, 6.07) is 7.55. The second kappa shape index (κ2) is 6.19. The summed E-state index contributed by atoms with van der Waals surface area (Å²) in [5, 5.41) is 9.34. The van der Waals surface area contributed by atoms with Gasteiger partial charge in [0.05, 0.1) is 17.3 Å². The molecule has 0 aliphatic carbocycles. The standard InChI is InChI=1S/C13H10Cl2FNO3S/c14-9-2-3-12(10(15)6-9)17-21(19,20)13-4-1-8(7-18)5-11(13)16/h1-6,17-18H,7H2. The van der Waals surface area contributed by atoms with Gasteiger partial charge in [0.15, 0.2) is 0 Å². The molecule has 2 aromatic carbocycles. The molecule has 112 valence electrons. The highest BCUT2D eigenvalue weighted by molar-refractivity contribution is 7.92. The molecule has 0 atom stereocenters. The predicted molar refractivity (Wildman–Crippen MR) is 79.6 cm³/mol. The lowest BCUT2D eigenvalue weighted by Crippen LogP contribution is -2.15. The number of benzene rings is 2. The maximum absolute atomic E-state index is 13.8. The lowest BCUT2D eigenvalue weighted by Gasteiger charge is -2.11. The van der Waals surface area contributed by atoms with Crippen molar-refractivity contribution in [3.8, 4) is 0 Å². The lowest BCUT2D eigenvalue weighted by atomic mass is 10.2. The van der Waals surface area contributed by atoms with Crippen LogP contribution in [0.4, 0.5) is 10.1 Å². The topological polar surface area (TPSA) is 66.4 Å². The van der Waals surface area contributed by atoms with Gasteiger partial charge in [0.2, 0.25) is 0 Å². The molecule has 8 heteroatoms. The van der Waals surface area contributed by atoms with Gasteiger partial charge in [-0.15, -0.1) is 0 Å². The average molecular weight is 350 g/mol. The third kappa shape index (κ3) is 3.65. The third-order valence-electron chi connectivity index (χ3n) is 2.64. The summed E-state index contributed by atoms with van der Waals surface area (Å²) in [7, 11) is -4.14. The number of nitrogens with one attached hydrogen (secondary N) is 1. The van der Waals surface area contributed by atoms with E-state index in [0.717, 1.165) is 12.1 Å². The number of aliphatic hydroxyl groups is 1. The molecular weight excluding hydrogens is 340 g/mol. The van der Waals surface area contributed by atoms with Gasteiger partial charge in [-0.1, -0.05) is 29.3 Å². The first-order valence-electron chi connectivity index (χ1n) is 5.70. The third-order valence-corrected chi connectivity index (χ3v) is 4.59. The van der Waals surface area contributed by atoms with Gasteiger partial charge in [-0.2, -0.15) is 0 Å². The Balaban J connectivity index is 2.38. The minimum absolute atomic E-state index is 0.0895. The van der Waals surface area contributed by atoms with Gasteiger partial charge < -0.3 is 5.11 Å². The first-order valence-corrected chi connectivity index (χ1v) is 7.94. The molecule has 2 aromatic rings. The maximum Gasteiger partial charge on any atom is 0.264 e. The molecule has 0 aromatic heterocycles. The number of hydrogen-bond donors (Lipinski definition) is 2. The first kappa shape index (κ1) is 16.0. The van der Waals surface area contributed by atoms with Crippen molar-refractivity contribution in [2.75, 3.05) is 4.72 Å². The molecule has 0 aliphatic heterocycles. The normalized spacial score (nSPS) is 11.4. The van der Waals surface area contributed by atoms with Crippen LogP contribution in [0.2, 0.25) is 10.0 Å². The number of anilines is 1. The van der Waals surface area contributed by atoms with E-state index in [2.05, 4.69) is 4.72 Å². The zero-order valence-corrected chi connectivity index (χ0v) is 12.8. The van der Waals surface area contributed by atoms with Crippen LogP contribution in [-0.2, 0) is 16.6 Å². The van der Waals surface area contributed by atoms with E-state index in [-0.39, 0.29) is 22.9 Å². The Morgan fingerprint density at radius 3 is 2.43 bits per heavy atom. The van der Waals surface area contributed by atoms with Crippen LogP contribution in [0.15, 0.2) is 41.3 Å². The number of aliphatic hydroxyl groups excluding tert-OH is 1. The van der Waals surface area contributed by atoms with Crippen molar-refractivity contribution in [3.05, 3.63) is 57.8 Å². The SMILES string of the molecule is O=S(=O)(Nc1ccc(Cl)cc1Cl)c1ccc(CO)cc1F. The summed E-state index contributed by atoms with van der Waals surface area (Å²) in [6.45, 7) is -0.381. The smallest absolute Gasteiger partial charge is 0.264 e. The van der Waals surface area contributed by atoms with Gasteiger partial charge in [0.25, 0.3) is 10.0 Å². The zero-order chi connectivity index (χ0) is 15.6. The largest absolute Gasteiger partial charge is 0.392 e. The number of hydrogen-bond acceptors (Lipinski definition) is 3. The van der Waals surface area contributed by atoms with Crippen molar-refractivity contribution in [2.24, 2.45) is 0 Å². The van der Waals surface area contributed by atoms with Crippen molar-refractivity contribution >= 4 is 38.9 Å². The molecule has 0 fully saturated rings. The van der Waals surface area contributed by atoms with Crippen LogP contribution in [0.5, 0.6) is 0 Å². The van der Waals surface area contributed by atoms with E-state index >= 15 is 0 Å². The van der Waals surface area contributed by atoms with Crippen molar-refractivity contribution in [1.82, 2.24) is 0 Å². The Bertz CT molecular complexity index is 781. The van der Waals surface area contributed by atoms with Crippen LogP contribution in [0, 0.1) is 5.82 Å². The highest BCUT2D eigenvalue weighted by atomic mass is 35.5. The van der Waals surface area contributed by atoms with Crippen molar-refractivity contribution in [2.45, 2.75) is 11.5 Å². The van der Waals surface area contributed by atoms with Crippen molar-refractivity contribution < 1.29 is 17.9 Å². The van der Waals surface area contributed by atoms with Crippen molar-refractivity contribution in [3.63, 3.8) is 0 Å². The Morgan fingerprint density at radius 2 is 1.86 bits per heavy atom. The number of halogens is 3. The fraction of sp³-hybridized carbons (Fsp3) is 0.0769. The first-order chi connectivity index (χ1) is 9.83. The summed E-state index contributed by atoms with van der Waals surface area (Å²) < 4.78 is 40.3. The molecular formula is C13H10Cl2FNO3S. The monoisotopic (exact) mass is 349 g/mol. The van der Waals surface area contributed by atoms with E-state index in [1.54, 1.807) is 0 Å². The molecule has 2 N–H and O–H groups in total. The second-order valence-corrected chi connectivity index (χ2v) is 6.65.